The molecule has 5 heteroatoms. The number of halogens is 1. The second-order valence-electron chi connectivity index (χ2n) is 4.99. The van der Waals surface area contributed by atoms with Crippen molar-refractivity contribution < 1.29 is 14.6 Å². The lowest BCUT2D eigenvalue weighted by Gasteiger charge is -2.19. The van der Waals surface area contributed by atoms with Gasteiger partial charge in [-0.05, 0) is 39.0 Å². The highest BCUT2D eigenvalue weighted by Gasteiger charge is 2.14. The van der Waals surface area contributed by atoms with Gasteiger partial charge >= 0.3 is 6.09 Å². The minimum absolute atomic E-state index is 0.191. The van der Waals surface area contributed by atoms with Crippen LogP contribution in [0.25, 0.3) is 6.08 Å². The molecule has 0 bridgehead atoms. The maximum atomic E-state index is 11.4. The molecule has 104 valence electrons. The minimum Gasteiger partial charge on any atom is -0.507 e. The Morgan fingerprint density at radius 1 is 1.47 bits per heavy atom. The molecule has 0 aliphatic heterocycles. The first-order chi connectivity index (χ1) is 8.78. The largest absolute Gasteiger partial charge is 0.507 e. The Bertz CT molecular complexity index is 478. The van der Waals surface area contributed by atoms with Crippen molar-refractivity contribution in [3.8, 4) is 5.75 Å². The topological polar surface area (TPSA) is 58.6 Å². The summed E-state index contributed by atoms with van der Waals surface area (Å²) in [7, 11) is 0. The molecule has 4 nitrogen and oxygen atoms in total. The van der Waals surface area contributed by atoms with E-state index in [1.54, 1.807) is 30.4 Å². The van der Waals surface area contributed by atoms with E-state index in [9.17, 15) is 9.90 Å². The summed E-state index contributed by atoms with van der Waals surface area (Å²) in [4.78, 5) is 11.4. The van der Waals surface area contributed by atoms with Crippen molar-refractivity contribution in [2.45, 2.75) is 26.4 Å². The van der Waals surface area contributed by atoms with E-state index in [1.807, 2.05) is 20.8 Å². The first-order valence-corrected chi connectivity index (χ1v) is 6.69. The molecule has 1 amide bonds. The fourth-order valence-electron chi connectivity index (χ4n) is 1.30. The molecule has 1 aromatic rings. The number of aromatic hydroxyl groups is 1. The van der Waals surface area contributed by atoms with Gasteiger partial charge in [-0.2, -0.15) is 0 Å². The highest BCUT2D eigenvalue weighted by atomic mass is 79.9. The standard InChI is InChI=1S/C14H18BrNO3/c1-14(2,3)19-13(18)16-8-4-5-10-9-11(15)6-7-12(10)17/h4-7,9,17H,8H2,1-3H3,(H,16,18). The van der Waals surface area contributed by atoms with E-state index in [1.165, 1.54) is 0 Å². The van der Waals surface area contributed by atoms with Gasteiger partial charge in [0.1, 0.15) is 11.4 Å². The molecule has 0 heterocycles. The highest BCUT2D eigenvalue weighted by Crippen LogP contribution is 2.22. The van der Waals surface area contributed by atoms with Crippen LogP contribution >= 0.6 is 15.9 Å². The van der Waals surface area contributed by atoms with Gasteiger partial charge in [0.05, 0.1) is 0 Å². The van der Waals surface area contributed by atoms with Crippen molar-refractivity contribution in [2.24, 2.45) is 0 Å². The number of amides is 1. The molecule has 0 radical (unpaired) electrons. The minimum atomic E-state index is -0.504. The van der Waals surface area contributed by atoms with Crippen LogP contribution in [0, 0.1) is 0 Å². The smallest absolute Gasteiger partial charge is 0.407 e. The SMILES string of the molecule is CC(C)(C)OC(=O)NCC=Cc1cc(Br)ccc1O. The van der Waals surface area contributed by atoms with Crippen LogP contribution in [0.15, 0.2) is 28.7 Å². The van der Waals surface area contributed by atoms with E-state index in [0.29, 0.717) is 12.1 Å². The van der Waals surface area contributed by atoms with Crippen LogP contribution in [0.2, 0.25) is 0 Å². The van der Waals surface area contributed by atoms with Gasteiger partial charge in [0.2, 0.25) is 0 Å². The number of rotatable bonds is 3. The Morgan fingerprint density at radius 2 is 2.16 bits per heavy atom. The van der Waals surface area contributed by atoms with Gasteiger partial charge in [-0.3, -0.25) is 0 Å². The summed E-state index contributed by atoms with van der Waals surface area (Å²) in [5.41, 5.74) is 0.177. The van der Waals surface area contributed by atoms with Gasteiger partial charge in [-0.1, -0.05) is 28.1 Å². The molecule has 2 N–H and O–H groups in total. The van der Waals surface area contributed by atoms with Crippen molar-refractivity contribution >= 4 is 28.1 Å². The fraction of sp³-hybridized carbons (Fsp3) is 0.357. The quantitative estimate of drug-likeness (QED) is 0.890. The predicted octanol–water partition coefficient (Wildman–Crippen LogP) is 3.69. The Morgan fingerprint density at radius 3 is 2.79 bits per heavy atom. The number of nitrogens with one attached hydrogen (secondary N) is 1. The number of hydrogen-bond acceptors (Lipinski definition) is 3. The van der Waals surface area contributed by atoms with Crippen LogP contribution in [0.3, 0.4) is 0 Å². The van der Waals surface area contributed by atoms with E-state index in [0.717, 1.165) is 4.47 Å². The summed E-state index contributed by atoms with van der Waals surface area (Å²) < 4.78 is 5.97. The molecule has 19 heavy (non-hydrogen) atoms. The van der Waals surface area contributed by atoms with Gasteiger partial charge in [0.15, 0.2) is 0 Å². The summed E-state index contributed by atoms with van der Waals surface area (Å²) in [6.45, 7) is 5.76. The number of ether oxygens (including phenoxy) is 1. The highest BCUT2D eigenvalue weighted by molar-refractivity contribution is 9.10. The molecule has 0 atom stereocenters. The monoisotopic (exact) mass is 327 g/mol. The number of hydrogen-bond donors (Lipinski definition) is 2. The fourth-order valence-corrected chi connectivity index (χ4v) is 1.68. The summed E-state index contributed by atoms with van der Waals surface area (Å²) in [5, 5.41) is 12.2. The first kappa shape index (κ1) is 15.6. The van der Waals surface area contributed by atoms with Gasteiger partial charge in [-0.25, -0.2) is 4.79 Å². The maximum absolute atomic E-state index is 11.4. The van der Waals surface area contributed by atoms with Crippen LogP contribution < -0.4 is 5.32 Å². The van der Waals surface area contributed by atoms with Crippen molar-refractivity contribution in [1.82, 2.24) is 5.32 Å². The van der Waals surface area contributed by atoms with Crippen LogP contribution in [0.1, 0.15) is 26.3 Å². The number of phenols is 1. The Hall–Kier alpha value is -1.49. The zero-order valence-electron chi connectivity index (χ0n) is 11.2. The van der Waals surface area contributed by atoms with Crippen molar-refractivity contribution in [1.29, 1.82) is 0 Å². The average molecular weight is 328 g/mol. The van der Waals surface area contributed by atoms with Gasteiger partial charge in [0.25, 0.3) is 0 Å². The van der Waals surface area contributed by atoms with Crippen LogP contribution in [-0.4, -0.2) is 23.3 Å². The maximum Gasteiger partial charge on any atom is 0.407 e. The van der Waals surface area contributed by atoms with Crippen molar-refractivity contribution in [2.75, 3.05) is 6.54 Å². The Labute approximate surface area is 121 Å². The summed E-state index contributed by atoms with van der Waals surface area (Å²) in [6.07, 6.45) is 3.01. The normalized spacial score (nSPS) is 11.6. The summed E-state index contributed by atoms with van der Waals surface area (Å²) in [5.74, 6) is 0.191. The van der Waals surface area contributed by atoms with E-state index in [-0.39, 0.29) is 5.75 Å². The third-order valence-corrected chi connectivity index (χ3v) is 2.54. The van der Waals surface area contributed by atoms with Crippen molar-refractivity contribution in [3.63, 3.8) is 0 Å². The first-order valence-electron chi connectivity index (χ1n) is 5.90. The molecule has 1 rings (SSSR count). The number of benzene rings is 1. The lowest BCUT2D eigenvalue weighted by atomic mass is 10.2. The predicted molar refractivity (Wildman–Crippen MR) is 79.1 cm³/mol. The number of phenolic OH excluding ortho intramolecular Hbond substituents is 1. The van der Waals surface area contributed by atoms with Gasteiger partial charge < -0.3 is 15.2 Å². The molecule has 0 aromatic heterocycles. The lowest BCUT2D eigenvalue weighted by molar-refractivity contribution is 0.0534. The molecule has 0 unspecified atom stereocenters. The molecule has 0 saturated heterocycles. The number of carbonyl (C=O) groups is 1. The molecular formula is C14H18BrNO3. The van der Waals surface area contributed by atoms with E-state index in [4.69, 9.17) is 4.74 Å². The molecule has 0 aliphatic rings. The van der Waals surface area contributed by atoms with Gasteiger partial charge in [0, 0.05) is 16.6 Å². The van der Waals surface area contributed by atoms with Crippen LogP contribution in [-0.2, 0) is 4.74 Å². The third kappa shape index (κ3) is 6.29. The molecule has 1 aromatic carbocycles. The van der Waals surface area contributed by atoms with Crippen LogP contribution in [0.4, 0.5) is 4.79 Å². The second-order valence-corrected chi connectivity index (χ2v) is 5.90. The molecule has 0 fully saturated rings. The third-order valence-electron chi connectivity index (χ3n) is 2.05. The average Bonchev–Trinajstić information content (AvgIpc) is 2.26. The van der Waals surface area contributed by atoms with E-state index < -0.39 is 11.7 Å². The van der Waals surface area contributed by atoms with Crippen LogP contribution in [0.5, 0.6) is 5.75 Å². The Kier molecular flexibility index (Phi) is 5.42. The zero-order valence-corrected chi connectivity index (χ0v) is 12.8. The molecule has 0 saturated carbocycles. The van der Waals surface area contributed by atoms with E-state index >= 15 is 0 Å². The number of alkyl carbamates (subject to hydrolysis) is 1. The molecule has 0 spiro atoms. The Balaban J connectivity index is 2.47. The summed E-state index contributed by atoms with van der Waals surface area (Å²) in [6, 6.07) is 5.15. The summed E-state index contributed by atoms with van der Waals surface area (Å²) >= 11 is 3.33. The van der Waals surface area contributed by atoms with Crippen molar-refractivity contribution in [3.05, 3.63) is 34.3 Å². The van der Waals surface area contributed by atoms with E-state index in [2.05, 4.69) is 21.2 Å². The second kappa shape index (κ2) is 6.61. The zero-order chi connectivity index (χ0) is 14.5. The molecular weight excluding hydrogens is 310 g/mol. The van der Waals surface area contributed by atoms with Gasteiger partial charge in [-0.15, -0.1) is 0 Å². The molecule has 0 aliphatic carbocycles. The lowest BCUT2D eigenvalue weighted by Crippen LogP contribution is -2.32. The number of carbonyl (C=O) groups excluding carboxylic acids is 1.